The van der Waals surface area contributed by atoms with Crippen LogP contribution in [0.25, 0.3) is 6.08 Å². The molecule has 0 saturated carbocycles. The number of aldehydes is 1. The number of carbonyl (C=O) groups is 1. The van der Waals surface area contributed by atoms with Crippen LogP contribution in [-0.4, -0.2) is 27.5 Å². The monoisotopic (exact) mass is 360 g/mol. The molecule has 0 N–H and O–H groups in total. The topological polar surface area (TPSA) is 17.1 Å². The Bertz CT molecular complexity index is 633. The van der Waals surface area contributed by atoms with E-state index in [0.29, 0.717) is 0 Å². The summed E-state index contributed by atoms with van der Waals surface area (Å²) in [5.41, 5.74) is 1.16. The molecule has 2 rings (SSSR count). The van der Waals surface area contributed by atoms with Gasteiger partial charge in [0.2, 0.25) is 0 Å². The first-order valence-electron chi connectivity index (χ1n) is 6.53. The van der Waals surface area contributed by atoms with E-state index in [1.807, 2.05) is 30.5 Å². The van der Waals surface area contributed by atoms with Crippen LogP contribution in [0.4, 0.5) is 0 Å². The summed E-state index contributed by atoms with van der Waals surface area (Å²) in [6, 6.07) is 20.6. The molecule has 0 saturated heterocycles. The fourth-order valence-electron chi connectivity index (χ4n) is 1.78. The van der Waals surface area contributed by atoms with Crippen molar-refractivity contribution in [2.75, 3.05) is 6.26 Å². The Morgan fingerprint density at radius 1 is 1.00 bits per heavy atom. The van der Waals surface area contributed by atoms with Crippen molar-refractivity contribution in [2.24, 2.45) is 0 Å². The van der Waals surface area contributed by atoms with Gasteiger partial charge in [0.05, 0.1) is 0 Å². The molecule has 0 unspecified atom stereocenters. The van der Waals surface area contributed by atoms with E-state index in [0.717, 1.165) is 16.8 Å². The maximum atomic E-state index is 10.9. The van der Waals surface area contributed by atoms with Crippen LogP contribution in [0.15, 0.2) is 76.1 Å². The van der Waals surface area contributed by atoms with Gasteiger partial charge in [-0.2, -0.15) is 0 Å². The van der Waals surface area contributed by atoms with Gasteiger partial charge in [0.15, 0.2) is 0 Å². The Morgan fingerprint density at radius 3 is 2.19 bits per heavy atom. The van der Waals surface area contributed by atoms with Crippen molar-refractivity contribution in [3.05, 3.63) is 81.7 Å². The van der Waals surface area contributed by atoms with Gasteiger partial charge in [-0.15, -0.1) is 0 Å². The van der Waals surface area contributed by atoms with Crippen LogP contribution in [0.2, 0.25) is 0 Å². The summed E-state index contributed by atoms with van der Waals surface area (Å²) in [5, 5.41) is 0. The van der Waals surface area contributed by atoms with Crippen molar-refractivity contribution in [3.63, 3.8) is 0 Å². The minimum absolute atomic E-state index is 0.176. The van der Waals surface area contributed by atoms with Crippen LogP contribution in [-0.2, 0) is 4.79 Å². The van der Waals surface area contributed by atoms with Gasteiger partial charge >= 0.3 is 136 Å². The molecule has 0 heterocycles. The van der Waals surface area contributed by atoms with Crippen molar-refractivity contribution in [1.82, 2.24) is 0 Å². The summed E-state index contributed by atoms with van der Waals surface area (Å²) >= 11 is 1.79. The molecule has 0 bridgehead atoms. The second kappa shape index (κ2) is 8.68. The van der Waals surface area contributed by atoms with Crippen molar-refractivity contribution in [2.45, 2.75) is 0 Å². The van der Waals surface area contributed by atoms with Crippen LogP contribution in [0, 0.1) is 0 Å². The first-order valence-corrected chi connectivity index (χ1v) is 9.46. The minimum atomic E-state index is 0.176. The average molecular weight is 359 g/mol. The van der Waals surface area contributed by atoms with Gasteiger partial charge in [-0.05, 0) is 0 Å². The van der Waals surface area contributed by atoms with E-state index in [1.54, 1.807) is 17.8 Å². The van der Waals surface area contributed by atoms with Gasteiger partial charge in [-0.3, -0.25) is 0 Å². The Balaban J connectivity index is 2.37. The van der Waals surface area contributed by atoms with Crippen LogP contribution in [0.1, 0.15) is 5.56 Å². The molecule has 3 heteroatoms. The molecule has 0 aromatic heterocycles. The molecule has 2 aromatic rings. The summed E-state index contributed by atoms with van der Waals surface area (Å²) in [7, 11) is 0. The van der Waals surface area contributed by atoms with Crippen LogP contribution < -0.4 is 4.46 Å². The number of thioether (sulfide) groups is 1. The van der Waals surface area contributed by atoms with E-state index in [4.69, 9.17) is 0 Å². The zero-order chi connectivity index (χ0) is 14.9. The number of carbonyl (C=O) groups excluding carboxylic acids is 1. The maximum absolute atomic E-state index is 10.9. The fourth-order valence-corrected chi connectivity index (χ4v) is 4.88. The SMILES string of the molecule is CSC(=CC=O)C(=Cc1ccccc1)[Se]c1ccccc1. The van der Waals surface area contributed by atoms with Crippen molar-refractivity contribution < 1.29 is 4.79 Å². The molecule has 2 aromatic carbocycles. The first kappa shape index (κ1) is 15.8. The van der Waals surface area contributed by atoms with Crippen LogP contribution in [0.3, 0.4) is 0 Å². The van der Waals surface area contributed by atoms with E-state index in [1.165, 1.54) is 8.93 Å². The van der Waals surface area contributed by atoms with E-state index >= 15 is 0 Å². The van der Waals surface area contributed by atoms with Gasteiger partial charge in [-0.25, -0.2) is 0 Å². The summed E-state index contributed by atoms with van der Waals surface area (Å²) in [6.07, 6.45) is 6.71. The third-order valence-corrected chi connectivity index (χ3v) is 6.07. The Morgan fingerprint density at radius 2 is 1.62 bits per heavy atom. The normalized spacial score (nSPS) is 12.2. The molecule has 0 aliphatic heterocycles. The van der Waals surface area contributed by atoms with E-state index in [9.17, 15) is 4.79 Å². The third kappa shape index (κ3) is 5.05. The van der Waals surface area contributed by atoms with Crippen molar-refractivity contribution in [3.8, 4) is 0 Å². The summed E-state index contributed by atoms with van der Waals surface area (Å²) in [5.74, 6) is 0. The van der Waals surface area contributed by atoms with Gasteiger partial charge in [0.1, 0.15) is 0 Å². The van der Waals surface area contributed by atoms with E-state index < -0.39 is 0 Å². The second-order valence-electron chi connectivity index (χ2n) is 4.21. The van der Waals surface area contributed by atoms with Crippen molar-refractivity contribution in [1.29, 1.82) is 0 Å². The average Bonchev–Trinajstić information content (AvgIpc) is 2.54. The Hall–Kier alpha value is -1.54. The molecule has 0 radical (unpaired) electrons. The van der Waals surface area contributed by atoms with Crippen LogP contribution in [0.5, 0.6) is 0 Å². The van der Waals surface area contributed by atoms with Crippen molar-refractivity contribution >= 4 is 43.5 Å². The molecule has 0 fully saturated rings. The molecule has 1 nitrogen and oxygen atoms in total. The molecule has 0 aliphatic rings. The molecule has 0 atom stereocenters. The number of hydrogen-bond acceptors (Lipinski definition) is 2. The number of rotatable bonds is 6. The van der Waals surface area contributed by atoms with Crippen LogP contribution >= 0.6 is 11.8 Å². The number of hydrogen-bond donors (Lipinski definition) is 0. The number of allylic oxidation sites excluding steroid dienone is 2. The summed E-state index contributed by atoms with van der Waals surface area (Å²) in [6.45, 7) is 0. The molecule has 21 heavy (non-hydrogen) atoms. The predicted octanol–water partition coefficient (Wildman–Crippen LogP) is 3.50. The molecule has 0 amide bonds. The number of benzene rings is 2. The predicted molar refractivity (Wildman–Crippen MR) is 93.9 cm³/mol. The Labute approximate surface area is 136 Å². The first-order chi connectivity index (χ1) is 10.3. The van der Waals surface area contributed by atoms with Gasteiger partial charge in [0, 0.05) is 0 Å². The van der Waals surface area contributed by atoms with E-state index in [-0.39, 0.29) is 15.0 Å². The molecule has 106 valence electrons. The molecule has 0 spiro atoms. The summed E-state index contributed by atoms with van der Waals surface area (Å²) < 4.78 is 2.53. The van der Waals surface area contributed by atoms with E-state index in [2.05, 4.69) is 42.5 Å². The third-order valence-electron chi connectivity index (χ3n) is 2.75. The standard InChI is InChI=1S/C18H16OSSe/c1-20-17(12-13-19)18(14-15-8-4-2-5-9-15)21-16-10-6-3-7-11-16/h2-14H,1H3. The van der Waals surface area contributed by atoms with Gasteiger partial charge < -0.3 is 0 Å². The molecular weight excluding hydrogens is 343 g/mol. The zero-order valence-corrected chi connectivity index (χ0v) is 14.3. The van der Waals surface area contributed by atoms with Gasteiger partial charge in [-0.1, -0.05) is 0 Å². The molecular formula is C18H16OSSe. The Kier molecular flexibility index (Phi) is 6.55. The molecule has 0 aliphatic carbocycles. The fraction of sp³-hybridized carbons (Fsp3) is 0.0556. The second-order valence-corrected chi connectivity index (χ2v) is 7.39. The zero-order valence-electron chi connectivity index (χ0n) is 11.7. The quantitative estimate of drug-likeness (QED) is 0.340. The summed E-state index contributed by atoms with van der Waals surface area (Å²) in [4.78, 5) is 11.9. The van der Waals surface area contributed by atoms with Gasteiger partial charge in [0.25, 0.3) is 0 Å².